The van der Waals surface area contributed by atoms with Crippen LogP contribution in [0.2, 0.25) is 0 Å². The molecule has 0 saturated carbocycles. The summed E-state index contributed by atoms with van der Waals surface area (Å²) in [6, 6.07) is 0. The second kappa shape index (κ2) is 7.37. The number of rotatable bonds is 5. The largest absolute Gasteiger partial charge is 0.472 e. The number of aromatic amines is 1. The molecule has 1 amide bonds. The predicted molar refractivity (Wildman–Crippen MR) is 96.4 cm³/mol. The lowest BCUT2D eigenvalue weighted by molar-refractivity contribution is -0.195. The number of nitrogen functional groups attached to an aromatic ring is 1. The van der Waals surface area contributed by atoms with Crippen LogP contribution >= 0.6 is 20.0 Å². The van der Waals surface area contributed by atoms with E-state index in [1.165, 1.54) is 10.9 Å². The highest BCUT2D eigenvalue weighted by Crippen LogP contribution is 2.47. The van der Waals surface area contributed by atoms with Gasteiger partial charge in [0.15, 0.2) is 16.8 Å². The molecule has 2 aliphatic heterocycles. The van der Waals surface area contributed by atoms with Gasteiger partial charge in [0.25, 0.3) is 5.91 Å². The monoisotopic (exact) mass is 448 g/mol. The van der Waals surface area contributed by atoms with Gasteiger partial charge in [-0.1, -0.05) is 12.2 Å². The van der Waals surface area contributed by atoms with Crippen LogP contribution in [0.4, 0.5) is 5.95 Å². The molecule has 0 bridgehead atoms. The Balaban J connectivity index is 1.71. The van der Waals surface area contributed by atoms with Gasteiger partial charge in [0, 0.05) is 6.54 Å². The first-order valence-corrected chi connectivity index (χ1v) is 10.3. The maximum Gasteiger partial charge on any atom is 0.472 e. The van der Waals surface area contributed by atoms with E-state index in [0.717, 1.165) is 0 Å². The first kappa shape index (κ1) is 20.3. The summed E-state index contributed by atoms with van der Waals surface area (Å²) in [5.74, 6) is -0.510. The van der Waals surface area contributed by atoms with Gasteiger partial charge in [0.1, 0.15) is 23.4 Å². The molecule has 5 unspecified atom stereocenters. The summed E-state index contributed by atoms with van der Waals surface area (Å²) in [7, 11) is -4.93. The van der Waals surface area contributed by atoms with Crippen molar-refractivity contribution < 1.29 is 37.9 Å². The molecule has 158 valence electrons. The highest BCUT2D eigenvalue weighted by molar-refractivity contribution is 7.71. The van der Waals surface area contributed by atoms with E-state index in [9.17, 15) is 19.1 Å². The van der Waals surface area contributed by atoms with Crippen molar-refractivity contribution in [3.8, 4) is 0 Å². The summed E-state index contributed by atoms with van der Waals surface area (Å²) >= 11 is 5.14. The van der Waals surface area contributed by atoms with Gasteiger partial charge in [-0.15, -0.1) is 0 Å². The van der Waals surface area contributed by atoms with Crippen LogP contribution in [0, 0.1) is 4.64 Å². The van der Waals surface area contributed by atoms with Gasteiger partial charge in [0.05, 0.1) is 6.33 Å². The van der Waals surface area contributed by atoms with E-state index in [1.807, 2.05) is 0 Å². The average Bonchev–Trinajstić information content (AvgIpc) is 3.28. The number of hydrogen-bond acceptors (Lipinski definition) is 10. The van der Waals surface area contributed by atoms with E-state index < -0.39 is 44.7 Å². The number of amides is 1. The topological polar surface area (TPSA) is 196 Å². The number of fused-ring (bicyclic) bond motifs is 2. The fraction of sp³-hybridized carbons (Fsp3) is 0.538. The predicted octanol–water partition coefficient (Wildman–Crippen LogP) is -0.719. The zero-order chi connectivity index (χ0) is 20.9. The lowest BCUT2D eigenvalue weighted by atomic mass is 10.2. The van der Waals surface area contributed by atoms with Gasteiger partial charge in [-0.05, 0) is 6.92 Å². The molecular weight excluding hydrogens is 431 g/mol. The number of phosphoric ester groups is 1. The average molecular weight is 448 g/mol. The first-order chi connectivity index (χ1) is 13.7. The van der Waals surface area contributed by atoms with Crippen molar-refractivity contribution >= 4 is 43.1 Å². The Labute approximate surface area is 167 Å². The fourth-order valence-electron chi connectivity index (χ4n) is 3.18. The van der Waals surface area contributed by atoms with Crippen molar-refractivity contribution in [3.63, 3.8) is 0 Å². The number of H-pyrrole nitrogens is 1. The lowest BCUT2D eigenvalue weighted by Gasteiger charge is -2.21. The second-order valence-corrected chi connectivity index (χ2v) is 7.77. The van der Waals surface area contributed by atoms with E-state index in [1.54, 1.807) is 6.92 Å². The van der Waals surface area contributed by atoms with Gasteiger partial charge >= 0.3 is 7.82 Å². The number of imidazole rings is 1. The highest BCUT2D eigenvalue weighted by Gasteiger charge is 2.57. The smallest absolute Gasteiger partial charge is 0.369 e. The third-order valence-electron chi connectivity index (χ3n) is 4.25. The molecule has 2 aromatic rings. The third kappa shape index (κ3) is 3.78. The SMILES string of the molecule is CCNC(=O)C1OC2C(OP(=O)(O)O)OC(n3cnc4c(=S)nc(N)[nH]c43)C2O1. The van der Waals surface area contributed by atoms with Crippen molar-refractivity contribution in [2.24, 2.45) is 0 Å². The molecule has 4 heterocycles. The number of aromatic nitrogens is 4. The second-order valence-electron chi connectivity index (χ2n) is 6.20. The number of likely N-dealkylation sites (N-methyl/N-ethyl adjacent to an activating group) is 1. The van der Waals surface area contributed by atoms with Crippen LogP contribution in [-0.2, 0) is 28.1 Å². The molecule has 5 atom stereocenters. The summed E-state index contributed by atoms with van der Waals surface area (Å²) in [6.45, 7) is 2.06. The number of phosphoric acid groups is 1. The van der Waals surface area contributed by atoms with Gasteiger partial charge in [0.2, 0.25) is 12.6 Å². The fourth-order valence-corrected chi connectivity index (χ4v) is 3.87. The van der Waals surface area contributed by atoms with Crippen LogP contribution in [0.15, 0.2) is 6.33 Å². The van der Waals surface area contributed by atoms with Crippen molar-refractivity contribution in [1.29, 1.82) is 0 Å². The molecule has 29 heavy (non-hydrogen) atoms. The van der Waals surface area contributed by atoms with Crippen molar-refractivity contribution in [2.75, 3.05) is 12.3 Å². The zero-order valence-corrected chi connectivity index (χ0v) is 16.5. The Kier molecular flexibility index (Phi) is 5.16. The molecule has 0 aliphatic carbocycles. The van der Waals surface area contributed by atoms with Crippen LogP contribution < -0.4 is 11.1 Å². The van der Waals surface area contributed by atoms with E-state index >= 15 is 0 Å². The maximum absolute atomic E-state index is 12.1. The van der Waals surface area contributed by atoms with E-state index in [0.29, 0.717) is 17.7 Å². The molecule has 0 spiro atoms. The molecule has 4 rings (SSSR count). The first-order valence-electron chi connectivity index (χ1n) is 8.38. The summed E-state index contributed by atoms with van der Waals surface area (Å²) in [6.07, 6.45) is -4.52. The summed E-state index contributed by atoms with van der Waals surface area (Å²) in [5.41, 5.74) is 6.38. The van der Waals surface area contributed by atoms with Crippen LogP contribution in [-0.4, -0.2) is 66.5 Å². The van der Waals surface area contributed by atoms with E-state index in [4.69, 9.17) is 36.7 Å². The van der Waals surface area contributed by atoms with Crippen LogP contribution in [0.1, 0.15) is 13.2 Å². The Morgan fingerprint density at radius 2 is 2.17 bits per heavy atom. The van der Waals surface area contributed by atoms with Gasteiger partial charge in [-0.2, -0.15) is 0 Å². The molecule has 0 aromatic carbocycles. The Bertz CT molecular complexity index is 1050. The number of nitrogens with zero attached hydrogens (tertiary/aromatic N) is 3. The normalized spacial score (nSPS) is 29.3. The van der Waals surface area contributed by atoms with Crippen LogP contribution in [0.5, 0.6) is 0 Å². The zero-order valence-electron chi connectivity index (χ0n) is 14.8. The number of carbonyl (C=O) groups excluding carboxylic acids is 1. The summed E-state index contributed by atoms with van der Waals surface area (Å²) in [4.78, 5) is 41.4. The molecule has 14 nitrogen and oxygen atoms in total. The summed E-state index contributed by atoms with van der Waals surface area (Å²) in [5, 5.41) is 2.55. The van der Waals surface area contributed by atoms with E-state index in [2.05, 4.69) is 20.3 Å². The Morgan fingerprint density at radius 1 is 1.45 bits per heavy atom. The van der Waals surface area contributed by atoms with Crippen molar-refractivity contribution in [3.05, 3.63) is 11.0 Å². The van der Waals surface area contributed by atoms with Crippen molar-refractivity contribution in [1.82, 2.24) is 24.8 Å². The third-order valence-corrected chi connectivity index (χ3v) is 5.02. The summed E-state index contributed by atoms with van der Waals surface area (Å²) < 4.78 is 34.5. The molecule has 2 aromatic heterocycles. The Hall–Kier alpha value is -1.97. The highest BCUT2D eigenvalue weighted by atomic mass is 32.1. The molecule has 2 fully saturated rings. The molecule has 0 radical (unpaired) electrons. The lowest BCUT2D eigenvalue weighted by Crippen LogP contribution is -2.37. The standard InChI is InChI=1S/C13H17N6O8PS/c1-2-15-8(20)12-24-5-6(25-12)11(27-28(21,22)23)26-10(5)19-3-16-4-7(19)17-13(14)18-9(4)29/h3,5-6,10-12H,2H2,1H3,(H,15,20)(H2,21,22,23)(H3,14,17,18,29). The van der Waals surface area contributed by atoms with Crippen LogP contribution in [0.3, 0.4) is 0 Å². The number of nitrogens with one attached hydrogen (secondary N) is 2. The number of nitrogens with two attached hydrogens (primary N) is 1. The van der Waals surface area contributed by atoms with E-state index in [-0.39, 0.29) is 10.6 Å². The van der Waals surface area contributed by atoms with Crippen LogP contribution in [0.25, 0.3) is 11.2 Å². The quantitative estimate of drug-likeness (QED) is 0.285. The minimum atomic E-state index is -4.93. The molecule has 6 N–H and O–H groups in total. The Morgan fingerprint density at radius 3 is 2.86 bits per heavy atom. The maximum atomic E-state index is 12.1. The van der Waals surface area contributed by atoms with Crippen molar-refractivity contribution in [2.45, 2.75) is 37.9 Å². The van der Waals surface area contributed by atoms with Gasteiger partial charge in [-0.25, -0.2) is 14.5 Å². The number of carbonyl (C=O) groups is 1. The molecule has 16 heteroatoms. The molecule has 2 aliphatic rings. The minimum absolute atomic E-state index is 0.0330. The van der Waals surface area contributed by atoms with Gasteiger partial charge in [-0.3, -0.25) is 13.9 Å². The number of anilines is 1. The minimum Gasteiger partial charge on any atom is -0.369 e. The number of hydrogen-bond donors (Lipinski definition) is 5. The molecular formula is C13H17N6O8PS. The number of ether oxygens (including phenoxy) is 3. The van der Waals surface area contributed by atoms with Gasteiger partial charge < -0.3 is 40.0 Å². The molecule has 2 saturated heterocycles.